The van der Waals surface area contributed by atoms with Gasteiger partial charge in [0.25, 0.3) is 0 Å². The van der Waals surface area contributed by atoms with Crippen molar-refractivity contribution in [2.24, 2.45) is 5.16 Å². The third kappa shape index (κ3) is 3.22. The third-order valence-corrected chi connectivity index (χ3v) is 2.58. The molecule has 7 heteroatoms. The van der Waals surface area contributed by atoms with Crippen LogP contribution >= 0.6 is 0 Å². The van der Waals surface area contributed by atoms with Crippen molar-refractivity contribution in [1.82, 2.24) is 0 Å². The van der Waals surface area contributed by atoms with Crippen molar-refractivity contribution in [3.8, 4) is 5.75 Å². The van der Waals surface area contributed by atoms with Gasteiger partial charge in [-0.05, 0) is 29.8 Å². The fourth-order valence-electron chi connectivity index (χ4n) is 1.51. The molecule has 1 aliphatic rings. The Morgan fingerprint density at radius 2 is 1.80 bits per heavy atom. The van der Waals surface area contributed by atoms with Gasteiger partial charge in [-0.1, -0.05) is 19.0 Å². The molecule has 0 aromatic heterocycles. The minimum absolute atomic E-state index is 0.0393. The number of hydrogen-bond donors (Lipinski definition) is 1. The molecule has 0 amide bonds. The molecule has 0 spiro atoms. The Labute approximate surface area is 114 Å². The summed E-state index contributed by atoms with van der Waals surface area (Å²) in [5.41, 5.74) is 0.480. The maximum absolute atomic E-state index is 12.5. The Kier molecular flexibility index (Phi) is 4.99. The number of oxime groups is 1. The Bertz CT molecular complexity index is 471. The zero-order valence-corrected chi connectivity index (χ0v) is 11.4. The van der Waals surface area contributed by atoms with Gasteiger partial charge >= 0.3 is 12.0 Å². The number of nitrogens with zero attached hydrogens (tertiary/aromatic N) is 1. The van der Waals surface area contributed by atoms with Gasteiger partial charge in [-0.3, -0.25) is 0 Å². The minimum atomic E-state index is -4.88. The average Bonchev–Trinajstić information content (AvgIpc) is 2.85. The van der Waals surface area contributed by atoms with Crippen LogP contribution in [0.1, 0.15) is 25.8 Å². The highest BCUT2D eigenvalue weighted by molar-refractivity contribution is 6.01. The molecule has 112 valence electrons. The predicted molar refractivity (Wildman–Crippen MR) is 67.6 cm³/mol. The van der Waals surface area contributed by atoms with E-state index in [9.17, 15) is 18.3 Å². The van der Waals surface area contributed by atoms with E-state index < -0.39 is 18.4 Å². The highest BCUT2D eigenvalue weighted by Gasteiger charge is 2.60. The fraction of sp³-hybridized carbons (Fsp3) is 0.462. The van der Waals surface area contributed by atoms with Crippen LogP contribution in [0.3, 0.4) is 0 Å². The van der Waals surface area contributed by atoms with Crippen LogP contribution in [0.15, 0.2) is 29.4 Å². The van der Waals surface area contributed by atoms with Gasteiger partial charge in [0, 0.05) is 0 Å². The molecular formula is C13H16F3NO3. The topological polar surface area (TPSA) is 51.0 Å². The number of alkyl halides is 3. The van der Waals surface area contributed by atoms with Crippen molar-refractivity contribution < 1.29 is 27.9 Å². The van der Waals surface area contributed by atoms with Gasteiger partial charge in [0.05, 0.1) is 19.2 Å². The highest BCUT2D eigenvalue weighted by atomic mass is 19.4. The first-order chi connectivity index (χ1) is 9.36. The first-order valence-corrected chi connectivity index (χ1v) is 6.04. The molecular weight excluding hydrogens is 275 g/mol. The van der Waals surface area contributed by atoms with Gasteiger partial charge < -0.3 is 14.7 Å². The molecule has 2 rings (SSSR count). The van der Waals surface area contributed by atoms with Gasteiger partial charge in [0.1, 0.15) is 5.75 Å². The zero-order chi connectivity index (χ0) is 15.4. The molecule has 1 aromatic rings. The largest absolute Gasteiger partial charge is 0.497 e. The van der Waals surface area contributed by atoms with Crippen molar-refractivity contribution in [3.63, 3.8) is 0 Å². The molecule has 1 unspecified atom stereocenters. The van der Waals surface area contributed by atoms with Crippen LogP contribution in [-0.4, -0.2) is 29.9 Å². The summed E-state index contributed by atoms with van der Waals surface area (Å²) < 4.78 is 42.4. The molecule has 20 heavy (non-hydrogen) atoms. The van der Waals surface area contributed by atoms with Crippen molar-refractivity contribution in [1.29, 1.82) is 0 Å². The van der Waals surface area contributed by atoms with E-state index in [2.05, 4.69) is 9.99 Å². The van der Waals surface area contributed by atoms with E-state index in [0.717, 1.165) is 0 Å². The molecule has 0 bridgehead atoms. The maximum atomic E-state index is 12.5. The molecule has 1 aliphatic heterocycles. The Hall–Kier alpha value is -1.76. The van der Waals surface area contributed by atoms with Gasteiger partial charge in [-0.25, -0.2) is 0 Å². The van der Waals surface area contributed by atoms with Gasteiger partial charge in [-0.2, -0.15) is 13.2 Å². The van der Waals surface area contributed by atoms with E-state index in [4.69, 9.17) is 4.74 Å². The number of rotatable bonds is 2. The monoisotopic (exact) mass is 291 g/mol. The molecule has 0 saturated heterocycles. The molecule has 0 radical (unpaired) electrons. The Morgan fingerprint density at radius 1 is 1.25 bits per heavy atom. The number of benzene rings is 1. The molecule has 1 heterocycles. The summed E-state index contributed by atoms with van der Waals surface area (Å²) in [5.74, 6) is -2.66. The second-order valence-electron chi connectivity index (χ2n) is 3.82. The third-order valence-electron chi connectivity index (χ3n) is 2.58. The molecule has 4 nitrogen and oxygen atoms in total. The van der Waals surface area contributed by atoms with E-state index >= 15 is 0 Å². The molecule has 0 fully saturated rings. The van der Waals surface area contributed by atoms with E-state index in [1.165, 1.54) is 7.11 Å². The fourth-order valence-corrected chi connectivity index (χ4v) is 1.51. The SMILES string of the molecule is CC.COc1ccc(C2=NOC(O)(C(F)(F)F)C2)cc1. The second kappa shape index (κ2) is 6.13. The lowest BCUT2D eigenvalue weighted by atomic mass is 10.0. The van der Waals surface area contributed by atoms with E-state index in [1.807, 2.05) is 13.8 Å². The minimum Gasteiger partial charge on any atom is -0.497 e. The molecule has 1 N–H and O–H groups in total. The van der Waals surface area contributed by atoms with E-state index in [0.29, 0.717) is 11.3 Å². The van der Waals surface area contributed by atoms with Crippen LogP contribution in [0, 0.1) is 0 Å². The lowest BCUT2D eigenvalue weighted by Gasteiger charge is -2.22. The second-order valence-corrected chi connectivity index (χ2v) is 3.82. The number of ether oxygens (including phenoxy) is 1. The standard InChI is InChI=1S/C11H10F3NO3.C2H6/c1-17-8-4-2-7(3-5-8)9-6-10(16,18-15-9)11(12,13)14;1-2/h2-5,16H,6H2,1H3;1-2H3. The summed E-state index contributed by atoms with van der Waals surface area (Å²) >= 11 is 0. The van der Waals surface area contributed by atoms with E-state index in [1.54, 1.807) is 24.3 Å². The van der Waals surface area contributed by atoms with Crippen LogP contribution in [0.25, 0.3) is 0 Å². The summed E-state index contributed by atoms with van der Waals surface area (Å²) in [6, 6.07) is 6.26. The van der Waals surface area contributed by atoms with Crippen molar-refractivity contribution in [3.05, 3.63) is 29.8 Å². The van der Waals surface area contributed by atoms with Gasteiger partial charge in [-0.15, -0.1) is 0 Å². The van der Waals surface area contributed by atoms with Crippen molar-refractivity contribution >= 4 is 5.71 Å². The van der Waals surface area contributed by atoms with Crippen LogP contribution in [-0.2, 0) is 4.84 Å². The first-order valence-electron chi connectivity index (χ1n) is 6.04. The average molecular weight is 291 g/mol. The van der Waals surface area contributed by atoms with Crippen LogP contribution < -0.4 is 4.74 Å². The van der Waals surface area contributed by atoms with Gasteiger partial charge in [0.15, 0.2) is 0 Å². The Morgan fingerprint density at radius 3 is 2.20 bits per heavy atom. The highest BCUT2D eigenvalue weighted by Crippen LogP contribution is 2.38. The van der Waals surface area contributed by atoms with Gasteiger partial charge in [0.2, 0.25) is 0 Å². The normalized spacial score (nSPS) is 21.4. The van der Waals surface area contributed by atoms with Crippen LogP contribution in [0.4, 0.5) is 13.2 Å². The maximum Gasteiger partial charge on any atom is 0.458 e. The quantitative estimate of drug-likeness (QED) is 0.911. The summed E-state index contributed by atoms with van der Waals surface area (Å²) in [7, 11) is 1.48. The smallest absolute Gasteiger partial charge is 0.458 e. The lowest BCUT2D eigenvalue weighted by molar-refractivity contribution is -0.355. The van der Waals surface area contributed by atoms with Crippen LogP contribution in [0.2, 0.25) is 0 Å². The lowest BCUT2D eigenvalue weighted by Crippen LogP contribution is -2.45. The Balaban J connectivity index is 0.000000956. The zero-order valence-electron chi connectivity index (χ0n) is 11.4. The summed E-state index contributed by atoms with van der Waals surface area (Å²) in [5, 5.41) is 12.6. The summed E-state index contributed by atoms with van der Waals surface area (Å²) in [6.07, 6.45) is -5.62. The number of methoxy groups -OCH3 is 1. The summed E-state index contributed by atoms with van der Waals surface area (Å²) in [4.78, 5) is 4.12. The molecule has 0 saturated carbocycles. The first kappa shape index (κ1) is 16.3. The van der Waals surface area contributed by atoms with Crippen molar-refractivity contribution in [2.75, 3.05) is 7.11 Å². The number of hydrogen-bond acceptors (Lipinski definition) is 4. The predicted octanol–water partition coefficient (Wildman–Crippen LogP) is 3.10. The number of halogens is 3. The summed E-state index contributed by atoms with van der Waals surface area (Å²) in [6.45, 7) is 4.00. The molecule has 1 aromatic carbocycles. The molecule has 1 atom stereocenters. The number of aliphatic hydroxyl groups is 1. The van der Waals surface area contributed by atoms with Crippen molar-refractivity contribution in [2.45, 2.75) is 32.2 Å². The molecule has 0 aliphatic carbocycles. The van der Waals surface area contributed by atoms with Crippen LogP contribution in [0.5, 0.6) is 5.75 Å². The van der Waals surface area contributed by atoms with E-state index in [-0.39, 0.29) is 5.71 Å².